The zero-order valence-electron chi connectivity index (χ0n) is 11.6. The number of aromatic nitrogens is 1. The van der Waals surface area contributed by atoms with E-state index in [0.717, 1.165) is 23.1 Å². The average molecular weight is 283 g/mol. The van der Waals surface area contributed by atoms with Gasteiger partial charge in [0.05, 0.1) is 5.69 Å². The molecule has 1 heterocycles. The Labute approximate surface area is 122 Å². The highest BCUT2D eigenvalue weighted by molar-refractivity contribution is 7.13. The normalized spacial score (nSPS) is 11.2. The van der Waals surface area contributed by atoms with Gasteiger partial charge in [0.25, 0.3) is 0 Å². The van der Waals surface area contributed by atoms with E-state index in [9.17, 15) is 0 Å². The van der Waals surface area contributed by atoms with Gasteiger partial charge in [-0.1, -0.05) is 36.4 Å². The van der Waals surface area contributed by atoms with Crippen LogP contribution in [0.25, 0.3) is 10.8 Å². The third kappa shape index (κ3) is 2.81. The van der Waals surface area contributed by atoms with E-state index >= 15 is 0 Å². The van der Waals surface area contributed by atoms with Crippen LogP contribution in [0.5, 0.6) is 0 Å². The molecule has 0 unspecified atom stereocenters. The highest BCUT2D eigenvalue weighted by atomic mass is 32.1. The Morgan fingerprint density at radius 3 is 2.75 bits per heavy atom. The smallest absolute Gasteiger partial charge is 0.187 e. The van der Waals surface area contributed by atoms with Crippen LogP contribution in [0, 0.1) is 0 Å². The van der Waals surface area contributed by atoms with Gasteiger partial charge >= 0.3 is 0 Å². The number of benzene rings is 2. The van der Waals surface area contributed by atoms with Crippen LogP contribution < -0.4 is 5.32 Å². The molecule has 0 radical (unpaired) electrons. The first-order chi connectivity index (χ1) is 9.72. The molecule has 0 aliphatic carbocycles. The van der Waals surface area contributed by atoms with Crippen LogP contribution in [0.1, 0.15) is 5.69 Å². The predicted molar refractivity (Wildman–Crippen MR) is 86.7 cm³/mol. The molecular weight excluding hydrogens is 266 g/mol. The van der Waals surface area contributed by atoms with Crippen molar-refractivity contribution in [3.63, 3.8) is 0 Å². The Morgan fingerprint density at radius 1 is 1.10 bits per heavy atom. The van der Waals surface area contributed by atoms with E-state index < -0.39 is 0 Å². The Hall–Kier alpha value is -1.91. The average Bonchev–Trinajstić information content (AvgIpc) is 2.86. The van der Waals surface area contributed by atoms with Gasteiger partial charge in [-0.3, -0.25) is 0 Å². The number of rotatable bonds is 4. The van der Waals surface area contributed by atoms with Crippen LogP contribution in [0.4, 0.5) is 10.8 Å². The Balaban J connectivity index is 1.88. The van der Waals surface area contributed by atoms with Gasteiger partial charge in [-0.25, -0.2) is 4.98 Å². The van der Waals surface area contributed by atoms with Crippen LogP contribution in [0.2, 0.25) is 0 Å². The molecular formula is C16H17N3S. The zero-order chi connectivity index (χ0) is 13.9. The first kappa shape index (κ1) is 13.1. The number of hydrogen-bond acceptors (Lipinski definition) is 4. The van der Waals surface area contributed by atoms with E-state index in [2.05, 4.69) is 77.1 Å². The molecule has 1 N–H and O–H groups in total. The van der Waals surface area contributed by atoms with Gasteiger partial charge in [0.2, 0.25) is 0 Å². The minimum atomic E-state index is 0.869. The summed E-state index contributed by atoms with van der Waals surface area (Å²) in [5.41, 5.74) is 2.21. The molecule has 20 heavy (non-hydrogen) atoms. The van der Waals surface area contributed by atoms with Crippen molar-refractivity contribution < 1.29 is 0 Å². The van der Waals surface area contributed by atoms with Crippen molar-refractivity contribution in [1.29, 1.82) is 0 Å². The molecule has 0 bridgehead atoms. The predicted octanol–water partition coefficient (Wildman–Crippen LogP) is 4.10. The van der Waals surface area contributed by atoms with Crippen LogP contribution in [0.15, 0.2) is 47.8 Å². The van der Waals surface area contributed by atoms with E-state index in [1.165, 1.54) is 10.8 Å². The van der Waals surface area contributed by atoms with Crippen molar-refractivity contribution in [1.82, 2.24) is 9.88 Å². The zero-order valence-corrected chi connectivity index (χ0v) is 12.4. The molecule has 3 aromatic rings. The summed E-state index contributed by atoms with van der Waals surface area (Å²) < 4.78 is 0. The Morgan fingerprint density at radius 2 is 1.90 bits per heavy atom. The Bertz CT molecular complexity index is 713. The molecule has 4 heteroatoms. The third-order valence-corrected chi connectivity index (χ3v) is 3.87. The molecule has 0 spiro atoms. The van der Waals surface area contributed by atoms with Gasteiger partial charge in [0.1, 0.15) is 0 Å². The lowest BCUT2D eigenvalue weighted by molar-refractivity contribution is 0.398. The lowest BCUT2D eigenvalue weighted by atomic mass is 10.1. The van der Waals surface area contributed by atoms with Gasteiger partial charge in [-0.2, -0.15) is 0 Å². The van der Waals surface area contributed by atoms with Crippen molar-refractivity contribution in [3.8, 4) is 0 Å². The van der Waals surface area contributed by atoms with Gasteiger partial charge in [-0.15, -0.1) is 11.3 Å². The summed E-state index contributed by atoms with van der Waals surface area (Å²) in [6.45, 7) is 0.869. The van der Waals surface area contributed by atoms with E-state index in [0.29, 0.717) is 0 Å². The largest absolute Gasteiger partial charge is 0.331 e. The van der Waals surface area contributed by atoms with Gasteiger partial charge < -0.3 is 10.2 Å². The van der Waals surface area contributed by atoms with Crippen molar-refractivity contribution in [2.75, 3.05) is 19.4 Å². The number of anilines is 2. The molecule has 0 saturated heterocycles. The highest BCUT2D eigenvalue weighted by Gasteiger charge is 2.05. The summed E-state index contributed by atoms with van der Waals surface area (Å²) in [4.78, 5) is 6.74. The fraction of sp³-hybridized carbons (Fsp3) is 0.188. The summed E-state index contributed by atoms with van der Waals surface area (Å²) in [7, 11) is 4.11. The van der Waals surface area contributed by atoms with Crippen LogP contribution in [-0.2, 0) is 6.54 Å². The number of thiazole rings is 1. The summed E-state index contributed by atoms with van der Waals surface area (Å²) in [6, 6.07) is 14.7. The minimum absolute atomic E-state index is 0.869. The molecule has 0 atom stereocenters. The molecule has 0 saturated carbocycles. The monoisotopic (exact) mass is 283 g/mol. The highest BCUT2D eigenvalue weighted by Crippen LogP contribution is 2.27. The Kier molecular flexibility index (Phi) is 3.67. The number of fused-ring (bicyclic) bond motifs is 1. The van der Waals surface area contributed by atoms with Crippen LogP contribution >= 0.6 is 11.3 Å². The molecule has 3 rings (SSSR count). The third-order valence-electron chi connectivity index (χ3n) is 3.06. The fourth-order valence-electron chi connectivity index (χ4n) is 2.21. The first-order valence-electron chi connectivity index (χ1n) is 6.56. The summed E-state index contributed by atoms with van der Waals surface area (Å²) in [6.07, 6.45) is 0. The van der Waals surface area contributed by atoms with Crippen molar-refractivity contribution >= 4 is 32.9 Å². The second kappa shape index (κ2) is 5.61. The summed E-state index contributed by atoms with van der Waals surface area (Å²) in [5.74, 6) is 0. The topological polar surface area (TPSA) is 28.2 Å². The maximum Gasteiger partial charge on any atom is 0.187 e. The lowest BCUT2D eigenvalue weighted by Gasteiger charge is -2.07. The maximum absolute atomic E-state index is 4.62. The van der Waals surface area contributed by atoms with E-state index in [1.54, 1.807) is 11.3 Å². The molecule has 0 amide bonds. The van der Waals surface area contributed by atoms with Crippen LogP contribution in [-0.4, -0.2) is 24.0 Å². The molecule has 3 nitrogen and oxygen atoms in total. The molecule has 102 valence electrons. The fourth-order valence-corrected chi connectivity index (χ4v) is 2.92. The molecule has 0 fully saturated rings. The SMILES string of the molecule is CN(C)Cc1csc(Nc2cccc3ccccc23)n1. The first-order valence-corrected chi connectivity index (χ1v) is 7.44. The second-order valence-corrected chi connectivity index (χ2v) is 5.89. The van der Waals surface area contributed by atoms with E-state index in [4.69, 9.17) is 0 Å². The quantitative estimate of drug-likeness (QED) is 0.781. The summed E-state index contributed by atoms with van der Waals surface area (Å²) in [5, 5.41) is 8.94. The van der Waals surface area contributed by atoms with Crippen molar-refractivity contribution in [2.45, 2.75) is 6.54 Å². The van der Waals surface area contributed by atoms with Crippen LogP contribution in [0.3, 0.4) is 0 Å². The molecule has 2 aromatic carbocycles. The maximum atomic E-state index is 4.62. The number of nitrogens with zero attached hydrogens (tertiary/aromatic N) is 2. The van der Waals surface area contributed by atoms with Crippen molar-refractivity contribution in [2.24, 2.45) is 0 Å². The number of nitrogens with one attached hydrogen (secondary N) is 1. The van der Waals surface area contributed by atoms with E-state index in [-0.39, 0.29) is 0 Å². The summed E-state index contributed by atoms with van der Waals surface area (Å²) >= 11 is 1.65. The van der Waals surface area contributed by atoms with Gasteiger partial charge in [0, 0.05) is 23.0 Å². The minimum Gasteiger partial charge on any atom is -0.331 e. The van der Waals surface area contributed by atoms with E-state index in [1.807, 2.05) is 0 Å². The lowest BCUT2D eigenvalue weighted by Crippen LogP contribution is -2.10. The molecule has 0 aliphatic heterocycles. The standard InChI is InChI=1S/C16H17N3S/c1-19(2)10-13-11-20-16(17-13)18-15-9-5-7-12-6-3-4-8-14(12)15/h3-9,11H,10H2,1-2H3,(H,17,18). The second-order valence-electron chi connectivity index (χ2n) is 5.03. The van der Waals surface area contributed by atoms with Crippen molar-refractivity contribution in [3.05, 3.63) is 53.5 Å². The van der Waals surface area contributed by atoms with Gasteiger partial charge in [-0.05, 0) is 25.5 Å². The molecule has 0 aliphatic rings. The number of hydrogen-bond donors (Lipinski definition) is 1. The van der Waals surface area contributed by atoms with Gasteiger partial charge in [0.15, 0.2) is 5.13 Å². The molecule has 1 aromatic heterocycles.